The fraction of sp³-hybridized carbons (Fsp3) is 0.308. The average molecular weight is 244 g/mol. The van der Waals surface area contributed by atoms with Gasteiger partial charge in [-0.2, -0.15) is 0 Å². The summed E-state index contributed by atoms with van der Waals surface area (Å²) in [5.41, 5.74) is 1.49. The van der Waals surface area contributed by atoms with Crippen molar-refractivity contribution in [3.8, 4) is 0 Å². The SMILES string of the molecule is CCCn1nncc1C(=O)CNc1ccccc1. The first-order valence-electron chi connectivity index (χ1n) is 6.02. The van der Waals surface area contributed by atoms with Crippen LogP contribution in [0.25, 0.3) is 0 Å². The Morgan fingerprint density at radius 1 is 1.33 bits per heavy atom. The van der Waals surface area contributed by atoms with E-state index >= 15 is 0 Å². The van der Waals surface area contributed by atoms with Crippen LogP contribution in [0.4, 0.5) is 5.69 Å². The summed E-state index contributed by atoms with van der Waals surface area (Å²) in [5.74, 6) is -0.00250. The van der Waals surface area contributed by atoms with Crippen LogP contribution in [-0.2, 0) is 6.54 Å². The molecule has 0 saturated heterocycles. The Morgan fingerprint density at radius 2 is 2.11 bits per heavy atom. The van der Waals surface area contributed by atoms with Crippen molar-refractivity contribution in [1.29, 1.82) is 0 Å². The van der Waals surface area contributed by atoms with Crippen molar-refractivity contribution in [2.75, 3.05) is 11.9 Å². The molecule has 1 aromatic heterocycles. The Bertz CT molecular complexity index is 507. The number of para-hydroxylation sites is 1. The largest absolute Gasteiger partial charge is 0.378 e. The van der Waals surface area contributed by atoms with Gasteiger partial charge in [-0.1, -0.05) is 30.3 Å². The van der Waals surface area contributed by atoms with Gasteiger partial charge in [0.15, 0.2) is 0 Å². The highest BCUT2D eigenvalue weighted by Crippen LogP contribution is 2.06. The Balaban J connectivity index is 1.97. The van der Waals surface area contributed by atoms with Gasteiger partial charge in [-0.3, -0.25) is 4.79 Å². The third kappa shape index (κ3) is 2.94. The van der Waals surface area contributed by atoms with Crippen LogP contribution in [0, 0.1) is 0 Å². The molecule has 94 valence electrons. The van der Waals surface area contributed by atoms with Crippen LogP contribution in [-0.4, -0.2) is 27.3 Å². The fourth-order valence-corrected chi connectivity index (χ4v) is 1.68. The lowest BCUT2D eigenvalue weighted by molar-refractivity contribution is 0.0995. The maximum Gasteiger partial charge on any atom is 0.201 e. The number of hydrogen-bond donors (Lipinski definition) is 1. The van der Waals surface area contributed by atoms with Crippen LogP contribution in [0.5, 0.6) is 0 Å². The number of aromatic nitrogens is 3. The third-order valence-electron chi connectivity index (χ3n) is 2.57. The maximum atomic E-state index is 12.0. The quantitative estimate of drug-likeness (QED) is 0.789. The van der Waals surface area contributed by atoms with Gasteiger partial charge in [0, 0.05) is 12.2 Å². The molecule has 0 spiro atoms. The van der Waals surface area contributed by atoms with E-state index in [2.05, 4.69) is 15.6 Å². The van der Waals surface area contributed by atoms with Crippen molar-refractivity contribution < 1.29 is 4.79 Å². The molecule has 2 rings (SSSR count). The number of rotatable bonds is 6. The van der Waals surface area contributed by atoms with Crippen molar-refractivity contribution in [2.24, 2.45) is 0 Å². The molecule has 0 saturated carbocycles. The lowest BCUT2D eigenvalue weighted by Crippen LogP contribution is -2.18. The predicted octanol–water partition coefficient (Wildman–Crippen LogP) is 1.98. The summed E-state index contributed by atoms with van der Waals surface area (Å²) in [5, 5.41) is 10.8. The molecule has 0 bridgehead atoms. The first-order valence-corrected chi connectivity index (χ1v) is 6.02. The van der Waals surface area contributed by atoms with Gasteiger partial charge < -0.3 is 5.32 Å². The Labute approximate surface area is 106 Å². The van der Waals surface area contributed by atoms with E-state index in [1.165, 1.54) is 6.20 Å². The smallest absolute Gasteiger partial charge is 0.201 e. The molecule has 5 nitrogen and oxygen atoms in total. The topological polar surface area (TPSA) is 59.8 Å². The summed E-state index contributed by atoms with van der Waals surface area (Å²) in [4.78, 5) is 12.0. The second-order valence-electron chi connectivity index (χ2n) is 3.99. The van der Waals surface area contributed by atoms with E-state index in [4.69, 9.17) is 0 Å². The highest BCUT2D eigenvalue weighted by molar-refractivity contribution is 5.97. The van der Waals surface area contributed by atoms with E-state index in [1.54, 1.807) is 4.68 Å². The third-order valence-corrected chi connectivity index (χ3v) is 2.57. The number of hydrogen-bond acceptors (Lipinski definition) is 4. The van der Waals surface area contributed by atoms with Crippen LogP contribution in [0.3, 0.4) is 0 Å². The Hall–Kier alpha value is -2.17. The summed E-state index contributed by atoms with van der Waals surface area (Å²) in [6.07, 6.45) is 2.44. The first kappa shape index (κ1) is 12.3. The molecule has 0 fully saturated rings. The number of anilines is 1. The van der Waals surface area contributed by atoms with Crippen LogP contribution in [0.15, 0.2) is 36.5 Å². The zero-order valence-corrected chi connectivity index (χ0v) is 10.3. The van der Waals surface area contributed by atoms with Crippen LogP contribution >= 0.6 is 0 Å². The van der Waals surface area contributed by atoms with Gasteiger partial charge >= 0.3 is 0 Å². The molecule has 1 aromatic carbocycles. The number of nitrogens with zero attached hydrogens (tertiary/aromatic N) is 3. The van der Waals surface area contributed by atoms with E-state index < -0.39 is 0 Å². The molecular formula is C13H16N4O. The van der Waals surface area contributed by atoms with Crippen LogP contribution < -0.4 is 5.32 Å². The monoisotopic (exact) mass is 244 g/mol. The molecule has 0 aliphatic rings. The number of carbonyl (C=O) groups is 1. The van der Waals surface area contributed by atoms with Gasteiger partial charge in [-0.25, -0.2) is 4.68 Å². The zero-order valence-electron chi connectivity index (χ0n) is 10.3. The van der Waals surface area contributed by atoms with Crippen molar-refractivity contribution in [1.82, 2.24) is 15.0 Å². The lowest BCUT2D eigenvalue weighted by atomic mass is 10.2. The van der Waals surface area contributed by atoms with E-state index in [9.17, 15) is 4.79 Å². The van der Waals surface area contributed by atoms with Crippen molar-refractivity contribution in [2.45, 2.75) is 19.9 Å². The molecule has 5 heteroatoms. The zero-order chi connectivity index (χ0) is 12.8. The fourth-order valence-electron chi connectivity index (χ4n) is 1.68. The van der Waals surface area contributed by atoms with Gasteiger partial charge in [0.2, 0.25) is 5.78 Å². The molecule has 0 radical (unpaired) electrons. The predicted molar refractivity (Wildman–Crippen MR) is 69.6 cm³/mol. The number of ketones is 1. The maximum absolute atomic E-state index is 12.0. The summed E-state index contributed by atoms with van der Waals surface area (Å²) in [6, 6.07) is 9.64. The summed E-state index contributed by atoms with van der Waals surface area (Å²) < 4.78 is 1.65. The van der Waals surface area contributed by atoms with Crippen molar-refractivity contribution in [3.05, 3.63) is 42.2 Å². The van der Waals surface area contributed by atoms with Gasteiger partial charge in [-0.15, -0.1) is 5.10 Å². The average Bonchev–Trinajstić information content (AvgIpc) is 2.86. The molecule has 1 N–H and O–H groups in total. The molecule has 2 aromatic rings. The van der Waals surface area contributed by atoms with E-state index in [0.717, 1.165) is 12.1 Å². The Kier molecular flexibility index (Phi) is 4.06. The normalized spacial score (nSPS) is 10.3. The second-order valence-corrected chi connectivity index (χ2v) is 3.99. The number of Topliss-reactive ketones (excluding diaryl/α,β-unsaturated/α-hetero) is 1. The number of aryl methyl sites for hydroxylation is 1. The molecule has 0 unspecified atom stereocenters. The molecule has 18 heavy (non-hydrogen) atoms. The molecular weight excluding hydrogens is 228 g/mol. The second kappa shape index (κ2) is 5.95. The van der Waals surface area contributed by atoms with Crippen LogP contribution in [0.1, 0.15) is 23.8 Å². The summed E-state index contributed by atoms with van der Waals surface area (Å²) >= 11 is 0. The van der Waals surface area contributed by atoms with E-state index in [0.29, 0.717) is 12.2 Å². The van der Waals surface area contributed by atoms with E-state index in [1.807, 2.05) is 37.3 Å². The number of nitrogens with one attached hydrogen (secondary N) is 1. The minimum absolute atomic E-state index is 0.00250. The van der Waals surface area contributed by atoms with Crippen molar-refractivity contribution in [3.63, 3.8) is 0 Å². The summed E-state index contributed by atoms with van der Waals surface area (Å²) in [6.45, 7) is 3.01. The highest BCUT2D eigenvalue weighted by Gasteiger charge is 2.12. The van der Waals surface area contributed by atoms with Crippen LogP contribution in [0.2, 0.25) is 0 Å². The van der Waals surface area contributed by atoms with Gasteiger partial charge in [-0.05, 0) is 18.6 Å². The summed E-state index contributed by atoms with van der Waals surface area (Å²) in [7, 11) is 0. The number of carbonyl (C=O) groups excluding carboxylic acids is 1. The standard InChI is InChI=1S/C13H16N4O/c1-2-8-17-12(9-15-16-17)13(18)10-14-11-6-4-3-5-7-11/h3-7,9,14H,2,8,10H2,1H3. The number of benzene rings is 1. The minimum Gasteiger partial charge on any atom is -0.378 e. The van der Waals surface area contributed by atoms with E-state index in [-0.39, 0.29) is 12.3 Å². The first-order chi connectivity index (χ1) is 8.81. The molecule has 0 atom stereocenters. The molecule has 0 aliphatic heterocycles. The minimum atomic E-state index is -0.00250. The molecule has 0 aliphatic carbocycles. The highest BCUT2D eigenvalue weighted by atomic mass is 16.1. The molecule has 1 heterocycles. The van der Waals surface area contributed by atoms with Crippen molar-refractivity contribution >= 4 is 11.5 Å². The lowest BCUT2D eigenvalue weighted by Gasteiger charge is -2.06. The van der Waals surface area contributed by atoms with Gasteiger partial charge in [0.1, 0.15) is 5.69 Å². The molecule has 0 amide bonds. The Morgan fingerprint density at radius 3 is 2.83 bits per heavy atom. The van der Waals surface area contributed by atoms with Gasteiger partial charge in [0.25, 0.3) is 0 Å². The van der Waals surface area contributed by atoms with Gasteiger partial charge in [0.05, 0.1) is 12.7 Å².